The summed E-state index contributed by atoms with van der Waals surface area (Å²) in [5, 5.41) is 3.16. The van der Waals surface area contributed by atoms with Crippen molar-refractivity contribution in [2.45, 2.75) is 38.5 Å². The summed E-state index contributed by atoms with van der Waals surface area (Å²) in [5.41, 5.74) is 7.42. The predicted octanol–water partition coefficient (Wildman–Crippen LogP) is 3.39. The van der Waals surface area contributed by atoms with Crippen molar-refractivity contribution in [2.24, 2.45) is 22.1 Å². The van der Waals surface area contributed by atoms with Crippen LogP contribution in [0.1, 0.15) is 38.5 Å². The van der Waals surface area contributed by atoms with E-state index in [1.54, 1.807) is 7.11 Å². The monoisotopic (exact) mass is 287 g/mol. The number of nitrogens with zero attached hydrogens (tertiary/aromatic N) is 1. The molecule has 0 amide bonds. The lowest BCUT2D eigenvalue weighted by Crippen LogP contribution is -2.44. The number of methoxy groups -OCH3 is 1. The lowest BCUT2D eigenvalue weighted by atomic mass is 9.55. The predicted molar refractivity (Wildman–Crippen MR) is 86.7 cm³/mol. The average Bonchev–Trinajstić information content (AvgIpc) is 2.39. The molecule has 4 heteroatoms. The van der Waals surface area contributed by atoms with Crippen LogP contribution in [0.25, 0.3) is 0 Å². The summed E-state index contributed by atoms with van der Waals surface area (Å²) in [7, 11) is 1.66. The minimum absolute atomic E-state index is 0.457. The molecule has 3 N–H and O–H groups in total. The van der Waals surface area contributed by atoms with E-state index in [0.29, 0.717) is 11.4 Å². The van der Waals surface area contributed by atoms with Crippen LogP contribution < -0.4 is 15.8 Å². The van der Waals surface area contributed by atoms with Crippen LogP contribution >= 0.6 is 0 Å². The molecule has 114 valence electrons. The smallest absolute Gasteiger partial charge is 0.193 e. The second-order valence-corrected chi connectivity index (χ2v) is 6.40. The fourth-order valence-corrected chi connectivity index (χ4v) is 3.48. The zero-order valence-corrected chi connectivity index (χ0v) is 12.8. The number of rotatable bonds is 5. The number of benzene rings is 1. The second kappa shape index (κ2) is 5.96. The molecule has 2 aliphatic carbocycles. The van der Waals surface area contributed by atoms with Gasteiger partial charge in [0.1, 0.15) is 5.75 Å². The van der Waals surface area contributed by atoms with E-state index < -0.39 is 0 Å². The van der Waals surface area contributed by atoms with Crippen molar-refractivity contribution in [2.75, 3.05) is 19.0 Å². The maximum Gasteiger partial charge on any atom is 0.193 e. The molecule has 0 bridgehead atoms. The van der Waals surface area contributed by atoms with Crippen molar-refractivity contribution in [3.63, 3.8) is 0 Å². The third-order valence-corrected chi connectivity index (χ3v) is 5.23. The normalized spacial score (nSPS) is 21.3. The molecule has 0 atom stereocenters. The van der Waals surface area contributed by atoms with Gasteiger partial charge in [-0.1, -0.05) is 18.9 Å². The molecule has 0 unspecified atom stereocenters. The Morgan fingerprint density at radius 3 is 2.76 bits per heavy atom. The quantitative estimate of drug-likeness (QED) is 0.644. The van der Waals surface area contributed by atoms with E-state index in [9.17, 15) is 0 Å². The molecule has 0 saturated heterocycles. The highest BCUT2D eigenvalue weighted by molar-refractivity contribution is 5.92. The summed E-state index contributed by atoms with van der Waals surface area (Å²) in [5.74, 6) is 2.21. The van der Waals surface area contributed by atoms with E-state index in [-0.39, 0.29) is 0 Å². The van der Waals surface area contributed by atoms with E-state index in [1.807, 2.05) is 24.3 Å². The Bertz CT molecular complexity index is 519. The van der Waals surface area contributed by atoms with Gasteiger partial charge in [-0.2, -0.15) is 0 Å². The number of hydrogen-bond donors (Lipinski definition) is 2. The molecule has 1 aromatic rings. The van der Waals surface area contributed by atoms with Gasteiger partial charge in [-0.3, -0.25) is 4.99 Å². The highest BCUT2D eigenvalue weighted by atomic mass is 16.5. The summed E-state index contributed by atoms with van der Waals surface area (Å²) < 4.78 is 5.21. The lowest BCUT2D eigenvalue weighted by Gasteiger charge is -2.51. The summed E-state index contributed by atoms with van der Waals surface area (Å²) in [6, 6.07) is 7.75. The first-order valence-corrected chi connectivity index (χ1v) is 7.93. The average molecular weight is 287 g/mol. The van der Waals surface area contributed by atoms with Crippen LogP contribution in [-0.4, -0.2) is 19.6 Å². The molecule has 0 aliphatic heterocycles. The van der Waals surface area contributed by atoms with Crippen molar-refractivity contribution in [1.82, 2.24) is 0 Å². The molecule has 4 nitrogen and oxygen atoms in total. The largest absolute Gasteiger partial charge is 0.497 e. The number of anilines is 1. The number of hydrogen-bond acceptors (Lipinski definition) is 2. The van der Waals surface area contributed by atoms with Crippen LogP contribution in [0.2, 0.25) is 0 Å². The van der Waals surface area contributed by atoms with E-state index in [1.165, 1.54) is 38.5 Å². The Hall–Kier alpha value is -1.71. The van der Waals surface area contributed by atoms with E-state index >= 15 is 0 Å². The number of aliphatic imine (C=N–C) groups is 1. The molecule has 1 aromatic carbocycles. The standard InChI is InChI=1S/C17H25N3O/c1-21-15-8-3-7-14(11-15)20-16(18)19-12-17(9-4-10-17)13-5-2-6-13/h3,7-8,11,13H,2,4-6,9-10,12H2,1H3,(H3,18,19,20). The first-order chi connectivity index (χ1) is 10.2. The highest BCUT2D eigenvalue weighted by Crippen LogP contribution is 2.54. The number of nitrogens with two attached hydrogens (primary N) is 1. The van der Waals surface area contributed by atoms with Crippen molar-refractivity contribution < 1.29 is 4.74 Å². The molecule has 2 fully saturated rings. The zero-order chi connectivity index (χ0) is 14.7. The summed E-state index contributed by atoms with van der Waals surface area (Å²) in [4.78, 5) is 4.61. The minimum Gasteiger partial charge on any atom is -0.497 e. The maximum absolute atomic E-state index is 6.04. The molecular formula is C17H25N3O. The van der Waals surface area contributed by atoms with Gasteiger partial charge in [0, 0.05) is 18.3 Å². The third-order valence-electron chi connectivity index (χ3n) is 5.23. The van der Waals surface area contributed by atoms with Gasteiger partial charge in [-0.25, -0.2) is 0 Å². The molecule has 21 heavy (non-hydrogen) atoms. The number of nitrogens with one attached hydrogen (secondary N) is 1. The summed E-state index contributed by atoms with van der Waals surface area (Å²) >= 11 is 0. The van der Waals surface area contributed by atoms with Gasteiger partial charge < -0.3 is 15.8 Å². The molecule has 2 saturated carbocycles. The van der Waals surface area contributed by atoms with Gasteiger partial charge in [-0.15, -0.1) is 0 Å². The molecule has 2 aliphatic rings. The highest BCUT2D eigenvalue weighted by Gasteiger charge is 2.45. The second-order valence-electron chi connectivity index (χ2n) is 6.40. The lowest BCUT2D eigenvalue weighted by molar-refractivity contribution is 0.0116. The van der Waals surface area contributed by atoms with Gasteiger partial charge in [0.2, 0.25) is 0 Å². The Labute approximate surface area is 126 Å². The van der Waals surface area contributed by atoms with Crippen molar-refractivity contribution in [3.8, 4) is 5.75 Å². The molecule has 0 spiro atoms. The maximum atomic E-state index is 6.04. The van der Waals surface area contributed by atoms with Crippen LogP contribution in [0.15, 0.2) is 29.3 Å². The van der Waals surface area contributed by atoms with Gasteiger partial charge >= 0.3 is 0 Å². The van der Waals surface area contributed by atoms with Gasteiger partial charge in [-0.05, 0) is 49.1 Å². The van der Waals surface area contributed by atoms with Gasteiger partial charge in [0.05, 0.1) is 7.11 Å². The van der Waals surface area contributed by atoms with Gasteiger partial charge in [0.15, 0.2) is 5.96 Å². The summed E-state index contributed by atoms with van der Waals surface area (Å²) in [6.07, 6.45) is 8.18. The van der Waals surface area contributed by atoms with Crippen LogP contribution in [0.3, 0.4) is 0 Å². The fourth-order valence-electron chi connectivity index (χ4n) is 3.48. The Balaban J connectivity index is 1.60. The molecule has 0 aromatic heterocycles. The topological polar surface area (TPSA) is 59.6 Å². The molecule has 3 rings (SSSR count). The SMILES string of the molecule is COc1cccc(NC(N)=NCC2(C3CCC3)CCC2)c1. The molecular weight excluding hydrogens is 262 g/mol. The van der Waals surface area contributed by atoms with Crippen LogP contribution in [0.4, 0.5) is 5.69 Å². The first kappa shape index (κ1) is 14.2. The number of ether oxygens (including phenoxy) is 1. The van der Waals surface area contributed by atoms with Crippen molar-refractivity contribution in [3.05, 3.63) is 24.3 Å². The van der Waals surface area contributed by atoms with Crippen LogP contribution in [0, 0.1) is 11.3 Å². The minimum atomic E-state index is 0.457. The van der Waals surface area contributed by atoms with E-state index in [0.717, 1.165) is 23.9 Å². The Morgan fingerprint density at radius 1 is 1.38 bits per heavy atom. The van der Waals surface area contributed by atoms with Crippen LogP contribution in [-0.2, 0) is 0 Å². The fraction of sp³-hybridized carbons (Fsp3) is 0.588. The van der Waals surface area contributed by atoms with Crippen molar-refractivity contribution in [1.29, 1.82) is 0 Å². The third kappa shape index (κ3) is 2.99. The van der Waals surface area contributed by atoms with E-state index in [2.05, 4.69) is 10.3 Å². The van der Waals surface area contributed by atoms with Crippen LogP contribution in [0.5, 0.6) is 5.75 Å². The summed E-state index contributed by atoms with van der Waals surface area (Å²) in [6.45, 7) is 0.875. The Kier molecular flexibility index (Phi) is 4.04. The van der Waals surface area contributed by atoms with E-state index in [4.69, 9.17) is 10.5 Å². The molecule has 0 heterocycles. The van der Waals surface area contributed by atoms with Gasteiger partial charge in [0.25, 0.3) is 0 Å². The molecule has 0 radical (unpaired) electrons. The Morgan fingerprint density at radius 2 is 2.19 bits per heavy atom. The number of guanidine groups is 1. The first-order valence-electron chi connectivity index (χ1n) is 7.93. The van der Waals surface area contributed by atoms with Crippen molar-refractivity contribution >= 4 is 11.6 Å². The zero-order valence-electron chi connectivity index (χ0n) is 12.8.